The van der Waals surface area contributed by atoms with Gasteiger partial charge in [-0.05, 0) is 72.8 Å². The molecule has 0 aromatic heterocycles. The molecule has 3 aromatic carbocycles. The number of benzene rings is 3. The monoisotopic (exact) mass is 516 g/mol. The summed E-state index contributed by atoms with van der Waals surface area (Å²) in [4.78, 5) is 0. The van der Waals surface area contributed by atoms with Crippen molar-refractivity contribution in [2.45, 2.75) is 0 Å². The van der Waals surface area contributed by atoms with Crippen molar-refractivity contribution >= 4 is 17.1 Å². The van der Waals surface area contributed by atoms with Crippen LogP contribution in [-0.2, 0) is 0 Å². The van der Waals surface area contributed by atoms with Crippen LogP contribution in [0.5, 0.6) is 0 Å². The van der Waals surface area contributed by atoms with E-state index in [4.69, 9.17) is 15.8 Å². The minimum absolute atomic E-state index is 0.548. The van der Waals surface area contributed by atoms with Gasteiger partial charge >= 0.3 is 0 Å². The molecule has 12 heteroatoms. The zero-order valence-electron chi connectivity index (χ0n) is 21.0. The van der Waals surface area contributed by atoms with Crippen molar-refractivity contribution in [1.29, 1.82) is 15.8 Å². The van der Waals surface area contributed by atoms with E-state index in [9.17, 15) is 0 Å². The predicted molar refractivity (Wildman–Crippen MR) is 142 cm³/mol. The molecule has 1 heterocycles. The van der Waals surface area contributed by atoms with Crippen LogP contribution in [0.4, 0.5) is 17.1 Å². The van der Waals surface area contributed by atoms with Gasteiger partial charge in [0.25, 0.3) is 0 Å². The lowest BCUT2D eigenvalue weighted by molar-refractivity contribution is 0.214. The topological polar surface area (TPSA) is 155 Å². The third kappa shape index (κ3) is 8.17. The Hall–Kier alpha value is -5.67. The van der Waals surface area contributed by atoms with E-state index in [1.54, 1.807) is 72.8 Å². The molecule has 0 amide bonds. The van der Waals surface area contributed by atoms with Crippen molar-refractivity contribution in [3.05, 3.63) is 89.5 Å². The van der Waals surface area contributed by atoms with E-state index in [1.165, 1.54) is 0 Å². The third-order valence-corrected chi connectivity index (χ3v) is 5.70. The maximum atomic E-state index is 9.00. The first-order valence-electron chi connectivity index (χ1n) is 12.2. The van der Waals surface area contributed by atoms with E-state index in [1.807, 2.05) is 15.0 Å². The Bertz CT molecular complexity index is 1250. The highest BCUT2D eigenvalue weighted by Gasteiger charge is 2.15. The molecule has 1 saturated heterocycles. The minimum Gasteiger partial charge on any atom is -0.275 e. The lowest BCUT2D eigenvalue weighted by Crippen LogP contribution is -2.30. The molecule has 192 valence electrons. The SMILES string of the molecule is N#Cc1ccc(N=NN2CCN(N=Nc3ccc(C#N)cc3)CCN(N=Nc3ccc(C#N)cc3)CC2)cc1. The van der Waals surface area contributed by atoms with E-state index in [2.05, 4.69) is 49.2 Å². The molecule has 0 N–H and O–H groups in total. The summed E-state index contributed by atoms with van der Waals surface area (Å²) >= 11 is 0. The summed E-state index contributed by atoms with van der Waals surface area (Å²) in [5.41, 5.74) is 3.60. The largest absolute Gasteiger partial charge is 0.275 e. The summed E-state index contributed by atoms with van der Waals surface area (Å²) in [5.74, 6) is 0. The lowest BCUT2D eigenvalue weighted by atomic mass is 10.2. The second-order valence-electron chi connectivity index (χ2n) is 8.41. The van der Waals surface area contributed by atoms with Gasteiger partial charge in [0.2, 0.25) is 0 Å². The Labute approximate surface area is 226 Å². The van der Waals surface area contributed by atoms with Crippen molar-refractivity contribution in [3.63, 3.8) is 0 Å². The lowest BCUT2D eigenvalue weighted by Gasteiger charge is -2.19. The number of rotatable bonds is 6. The second-order valence-corrected chi connectivity index (χ2v) is 8.41. The highest BCUT2D eigenvalue weighted by molar-refractivity contribution is 5.43. The molecular weight excluding hydrogens is 492 g/mol. The van der Waals surface area contributed by atoms with Gasteiger partial charge < -0.3 is 0 Å². The quantitative estimate of drug-likeness (QED) is 0.387. The Morgan fingerprint density at radius 1 is 0.410 bits per heavy atom. The Kier molecular flexibility index (Phi) is 9.19. The first-order valence-corrected chi connectivity index (χ1v) is 12.2. The zero-order valence-corrected chi connectivity index (χ0v) is 21.0. The number of hydrogen-bond acceptors (Lipinski definition) is 9. The van der Waals surface area contributed by atoms with Crippen molar-refractivity contribution in [1.82, 2.24) is 15.0 Å². The van der Waals surface area contributed by atoms with E-state index >= 15 is 0 Å². The van der Waals surface area contributed by atoms with Crippen molar-refractivity contribution in [2.75, 3.05) is 39.3 Å². The fourth-order valence-corrected chi connectivity index (χ4v) is 3.45. The van der Waals surface area contributed by atoms with Crippen molar-refractivity contribution in [3.8, 4) is 18.2 Å². The van der Waals surface area contributed by atoms with Gasteiger partial charge in [-0.1, -0.05) is 15.7 Å². The Morgan fingerprint density at radius 3 is 0.846 bits per heavy atom. The number of hydrogen-bond donors (Lipinski definition) is 0. The molecule has 0 spiro atoms. The highest BCUT2D eigenvalue weighted by Crippen LogP contribution is 2.17. The Morgan fingerprint density at radius 2 is 0.641 bits per heavy atom. The first-order chi connectivity index (χ1) is 19.1. The molecule has 4 rings (SSSR count). The normalized spacial score (nSPS) is 14.5. The molecule has 0 radical (unpaired) electrons. The average Bonchev–Trinajstić information content (AvgIpc) is 3.09. The van der Waals surface area contributed by atoms with Crippen LogP contribution in [0.15, 0.2) is 104 Å². The van der Waals surface area contributed by atoms with E-state index in [-0.39, 0.29) is 0 Å². The van der Waals surface area contributed by atoms with Crippen LogP contribution >= 0.6 is 0 Å². The third-order valence-electron chi connectivity index (χ3n) is 5.70. The van der Waals surface area contributed by atoms with E-state index < -0.39 is 0 Å². The van der Waals surface area contributed by atoms with Crippen LogP contribution in [-0.4, -0.2) is 54.3 Å². The minimum atomic E-state index is 0.548. The summed E-state index contributed by atoms with van der Waals surface area (Å²) in [6.07, 6.45) is 0. The zero-order chi connectivity index (χ0) is 27.3. The standard InChI is InChI=1S/C27H24N12/c28-19-22-1-7-25(8-2-22)31-34-37-13-15-38(35-32-26-9-3-23(20-29)4-10-26)17-18-39(16-14-37)36-33-27-11-5-24(21-30)6-12-27/h1-12H,13-18H2. The van der Waals surface area contributed by atoms with Crippen LogP contribution in [0.2, 0.25) is 0 Å². The maximum absolute atomic E-state index is 9.00. The Balaban J connectivity index is 1.48. The van der Waals surface area contributed by atoms with Gasteiger partial charge in [-0.25, -0.2) is 0 Å². The molecule has 1 aliphatic rings. The fraction of sp³-hybridized carbons (Fsp3) is 0.222. The molecule has 1 fully saturated rings. The molecule has 0 bridgehead atoms. The molecule has 0 atom stereocenters. The highest BCUT2D eigenvalue weighted by atomic mass is 15.6. The van der Waals surface area contributed by atoms with Crippen LogP contribution in [0, 0.1) is 34.0 Å². The molecule has 0 saturated carbocycles. The van der Waals surface area contributed by atoms with Crippen molar-refractivity contribution in [2.24, 2.45) is 31.0 Å². The second kappa shape index (κ2) is 13.6. The first kappa shape index (κ1) is 26.4. The summed E-state index contributed by atoms with van der Waals surface area (Å²) in [6, 6.07) is 26.9. The average molecular weight is 517 g/mol. The van der Waals surface area contributed by atoms with Gasteiger partial charge in [-0.3, -0.25) is 15.0 Å². The molecule has 0 unspecified atom stereocenters. The van der Waals surface area contributed by atoms with E-state index in [0.29, 0.717) is 73.0 Å². The molecule has 3 aromatic rings. The van der Waals surface area contributed by atoms with Crippen LogP contribution in [0.1, 0.15) is 16.7 Å². The fourth-order valence-electron chi connectivity index (χ4n) is 3.45. The maximum Gasteiger partial charge on any atom is 0.0991 e. The van der Waals surface area contributed by atoms with E-state index in [0.717, 1.165) is 0 Å². The number of nitriles is 3. The van der Waals surface area contributed by atoms with Gasteiger partial charge in [0.05, 0.1) is 91.2 Å². The summed E-state index contributed by atoms with van der Waals surface area (Å²) < 4.78 is 0. The predicted octanol–water partition coefficient (Wildman–Crippen LogP) is 5.62. The molecule has 39 heavy (non-hydrogen) atoms. The summed E-state index contributed by atoms with van der Waals surface area (Å²) in [7, 11) is 0. The van der Waals surface area contributed by atoms with Gasteiger partial charge in [0.15, 0.2) is 0 Å². The number of nitrogens with zero attached hydrogens (tertiary/aromatic N) is 12. The molecular formula is C27H24N12. The summed E-state index contributed by atoms with van der Waals surface area (Å²) in [6.45, 7) is 3.29. The van der Waals surface area contributed by atoms with Crippen molar-refractivity contribution < 1.29 is 0 Å². The van der Waals surface area contributed by atoms with Crippen LogP contribution in [0.25, 0.3) is 0 Å². The molecule has 12 nitrogen and oxygen atoms in total. The molecule has 0 aliphatic carbocycles. The van der Waals surface area contributed by atoms with Gasteiger partial charge in [0, 0.05) is 0 Å². The summed E-state index contributed by atoms with van der Waals surface area (Å²) in [5, 5.41) is 58.7. The van der Waals surface area contributed by atoms with Gasteiger partial charge in [0.1, 0.15) is 0 Å². The molecule has 1 aliphatic heterocycles. The van der Waals surface area contributed by atoms with Gasteiger partial charge in [-0.2, -0.15) is 15.8 Å². The van der Waals surface area contributed by atoms with Crippen LogP contribution in [0.3, 0.4) is 0 Å². The van der Waals surface area contributed by atoms with Gasteiger partial charge in [-0.15, -0.1) is 15.3 Å². The van der Waals surface area contributed by atoms with Crippen LogP contribution < -0.4 is 0 Å². The smallest absolute Gasteiger partial charge is 0.0991 e.